The Balaban J connectivity index is 1.67. The third-order valence-corrected chi connectivity index (χ3v) is 5.45. The maximum Gasteiger partial charge on any atom is 0.262 e. The smallest absolute Gasteiger partial charge is 0.262 e. The fourth-order valence-electron chi connectivity index (χ4n) is 3.16. The van der Waals surface area contributed by atoms with Crippen LogP contribution in [0.5, 0.6) is 5.75 Å². The molecule has 1 aliphatic carbocycles. The Hall–Kier alpha value is -2.40. The maximum atomic E-state index is 13.3. The monoisotopic (exact) mass is 490 g/mol. The fourth-order valence-corrected chi connectivity index (χ4v) is 3.86. The molecule has 0 unspecified atom stereocenters. The minimum absolute atomic E-state index is 0.0936. The van der Waals surface area contributed by atoms with Crippen molar-refractivity contribution in [3.8, 4) is 11.8 Å². The van der Waals surface area contributed by atoms with E-state index in [1.807, 2.05) is 12.1 Å². The van der Waals surface area contributed by atoms with Gasteiger partial charge >= 0.3 is 0 Å². The van der Waals surface area contributed by atoms with Crippen LogP contribution in [-0.2, 0) is 11.4 Å². The molecular weight excluding hydrogens is 470 g/mol. The van der Waals surface area contributed by atoms with Crippen LogP contribution in [0.3, 0.4) is 0 Å². The molecule has 0 aromatic heterocycles. The van der Waals surface area contributed by atoms with Crippen LogP contribution in [-0.4, -0.2) is 11.9 Å². The number of halogens is 2. The molecule has 6 heteroatoms. The molecule has 4 nitrogen and oxygen atoms in total. The molecule has 1 amide bonds. The number of hydrogen-bond donors (Lipinski definition) is 1. The van der Waals surface area contributed by atoms with E-state index in [9.17, 15) is 14.4 Å². The average Bonchev–Trinajstić information content (AvgIpc) is 3.18. The quantitative estimate of drug-likeness (QED) is 0.353. The maximum absolute atomic E-state index is 13.3. The summed E-state index contributed by atoms with van der Waals surface area (Å²) in [6.07, 6.45) is 5.76. The van der Waals surface area contributed by atoms with Crippen molar-refractivity contribution in [3.63, 3.8) is 0 Å². The molecule has 1 N–H and O–H groups in total. The zero-order valence-corrected chi connectivity index (χ0v) is 17.4. The topological polar surface area (TPSA) is 62.1 Å². The molecule has 28 heavy (non-hydrogen) atoms. The summed E-state index contributed by atoms with van der Waals surface area (Å²) >= 11 is 2.14. The van der Waals surface area contributed by atoms with Crippen molar-refractivity contribution < 1.29 is 13.9 Å². The van der Waals surface area contributed by atoms with Gasteiger partial charge < -0.3 is 10.1 Å². The lowest BCUT2D eigenvalue weighted by atomic mass is 10.1. The summed E-state index contributed by atoms with van der Waals surface area (Å²) in [4.78, 5) is 12.3. The lowest BCUT2D eigenvalue weighted by Gasteiger charge is -2.11. The molecule has 3 rings (SSSR count). The second kappa shape index (κ2) is 9.69. The van der Waals surface area contributed by atoms with E-state index in [4.69, 9.17) is 4.74 Å². The highest BCUT2D eigenvalue weighted by Crippen LogP contribution is 2.25. The summed E-state index contributed by atoms with van der Waals surface area (Å²) in [7, 11) is 0. The van der Waals surface area contributed by atoms with E-state index < -0.39 is 0 Å². The molecule has 0 aliphatic heterocycles. The number of nitrogens with one attached hydrogen (secondary N) is 1. The first-order chi connectivity index (χ1) is 13.5. The van der Waals surface area contributed by atoms with Crippen molar-refractivity contribution in [2.24, 2.45) is 0 Å². The van der Waals surface area contributed by atoms with E-state index in [2.05, 4.69) is 27.9 Å². The number of nitriles is 1. The van der Waals surface area contributed by atoms with E-state index in [1.54, 1.807) is 30.3 Å². The van der Waals surface area contributed by atoms with Gasteiger partial charge in [-0.3, -0.25) is 4.79 Å². The minimum Gasteiger partial charge on any atom is -0.488 e. The molecule has 1 saturated carbocycles. The summed E-state index contributed by atoms with van der Waals surface area (Å²) in [5.41, 5.74) is 1.59. The number of benzene rings is 2. The van der Waals surface area contributed by atoms with Gasteiger partial charge in [-0.15, -0.1) is 0 Å². The Morgan fingerprint density at radius 2 is 2.07 bits per heavy atom. The van der Waals surface area contributed by atoms with Crippen LogP contribution in [0.2, 0.25) is 0 Å². The zero-order chi connectivity index (χ0) is 19.9. The van der Waals surface area contributed by atoms with Crippen molar-refractivity contribution in [2.75, 3.05) is 0 Å². The van der Waals surface area contributed by atoms with Crippen LogP contribution >= 0.6 is 22.6 Å². The average molecular weight is 490 g/mol. The summed E-state index contributed by atoms with van der Waals surface area (Å²) in [6.45, 7) is 0.260. The van der Waals surface area contributed by atoms with Gasteiger partial charge in [0.25, 0.3) is 5.91 Å². The number of carbonyl (C=O) groups is 1. The van der Waals surface area contributed by atoms with Gasteiger partial charge in [0, 0.05) is 6.04 Å². The van der Waals surface area contributed by atoms with Crippen molar-refractivity contribution in [1.29, 1.82) is 5.26 Å². The van der Waals surface area contributed by atoms with Gasteiger partial charge in [0.05, 0.1) is 3.57 Å². The fraction of sp³-hybridized carbons (Fsp3) is 0.273. The van der Waals surface area contributed by atoms with E-state index in [0.717, 1.165) is 40.4 Å². The van der Waals surface area contributed by atoms with Crippen molar-refractivity contribution in [1.82, 2.24) is 5.32 Å². The largest absolute Gasteiger partial charge is 0.488 e. The molecule has 2 aromatic rings. The number of hydrogen-bond acceptors (Lipinski definition) is 3. The molecule has 0 atom stereocenters. The van der Waals surface area contributed by atoms with Crippen LogP contribution in [0.4, 0.5) is 4.39 Å². The van der Waals surface area contributed by atoms with Crippen LogP contribution < -0.4 is 10.1 Å². The van der Waals surface area contributed by atoms with Gasteiger partial charge in [-0.2, -0.15) is 5.26 Å². The van der Waals surface area contributed by atoms with E-state index in [0.29, 0.717) is 5.75 Å². The normalized spacial score (nSPS) is 14.5. The standard InChI is InChI=1S/C22H20FIN2O2/c23-18-5-3-4-16(11-18)14-28-21-9-8-15(12-20(21)24)10-17(13-25)22(27)26-19-6-1-2-7-19/h3-5,8-12,19H,1-2,6-7,14H2,(H,26,27)/b17-10-. The molecule has 0 bridgehead atoms. The highest BCUT2D eigenvalue weighted by atomic mass is 127. The lowest BCUT2D eigenvalue weighted by Crippen LogP contribution is -2.33. The van der Waals surface area contributed by atoms with Crippen molar-refractivity contribution in [2.45, 2.75) is 38.3 Å². The van der Waals surface area contributed by atoms with Gasteiger partial charge in [-0.05, 0) is 76.9 Å². The SMILES string of the molecule is N#C/C(=C/c1ccc(OCc2cccc(F)c2)c(I)c1)C(=O)NC1CCCC1. The number of amides is 1. The summed E-state index contributed by atoms with van der Waals surface area (Å²) in [6, 6.07) is 13.9. The molecular formula is C22H20FIN2O2. The van der Waals surface area contributed by atoms with Crippen molar-refractivity contribution in [3.05, 3.63) is 68.6 Å². The van der Waals surface area contributed by atoms with Crippen molar-refractivity contribution >= 4 is 34.6 Å². The Morgan fingerprint density at radius 3 is 2.75 bits per heavy atom. The van der Waals surface area contributed by atoms with Gasteiger partial charge in [-0.1, -0.05) is 31.0 Å². The Labute approximate surface area is 177 Å². The Kier molecular flexibility index (Phi) is 7.04. The molecule has 2 aromatic carbocycles. The van der Waals surface area contributed by atoms with Gasteiger partial charge in [0.15, 0.2) is 0 Å². The number of nitrogens with zero attached hydrogens (tertiary/aromatic N) is 1. The second-order valence-electron chi connectivity index (χ2n) is 6.73. The number of rotatable bonds is 6. The molecule has 144 valence electrons. The number of carbonyl (C=O) groups excluding carboxylic acids is 1. The predicted octanol–water partition coefficient (Wildman–Crippen LogP) is 4.98. The first-order valence-electron chi connectivity index (χ1n) is 9.14. The Bertz CT molecular complexity index is 930. The minimum atomic E-state index is -0.323. The van der Waals surface area contributed by atoms with Gasteiger partial charge in [-0.25, -0.2) is 4.39 Å². The summed E-state index contributed by atoms with van der Waals surface area (Å²) < 4.78 is 19.9. The second-order valence-corrected chi connectivity index (χ2v) is 7.90. The Morgan fingerprint density at radius 1 is 1.29 bits per heavy atom. The molecule has 0 saturated heterocycles. The van der Waals surface area contributed by atoms with E-state index >= 15 is 0 Å². The van der Waals surface area contributed by atoms with Crippen LogP contribution in [0.25, 0.3) is 6.08 Å². The highest BCUT2D eigenvalue weighted by molar-refractivity contribution is 14.1. The lowest BCUT2D eigenvalue weighted by molar-refractivity contribution is -0.117. The first-order valence-corrected chi connectivity index (χ1v) is 10.2. The van der Waals surface area contributed by atoms with E-state index in [-0.39, 0.29) is 29.9 Å². The molecule has 0 radical (unpaired) electrons. The predicted molar refractivity (Wildman–Crippen MR) is 114 cm³/mol. The van der Waals surface area contributed by atoms with Crippen LogP contribution in [0.1, 0.15) is 36.8 Å². The molecule has 0 heterocycles. The summed E-state index contributed by atoms with van der Waals surface area (Å²) in [5, 5.41) is 12.3. The first kappa shape index (κ1) is 20.3. The van der Waals surface area contributed by atoms with Gasteiger partial charge in [0.2, 0.25) is 0 Å². The van der Waals surface area contributed by atoms with Gasteiger partial charge in [0.1, 0.15) is 29.8 Å². The third-order valence-electron chi connectivity index (χ3n) is 4.61. The highest BCUT2D eigenvalue weighted by Gasteiger charge is 2.19. The van der Waals surface area contributed by atoms with E-state index in [1.165, 1.54) is 12.1 Å². The molecule has 0 spiro atoms. The number of ether oxygens (including phenoxy) is 1. The zero-order valence-electron chi connectivity index (χ0n) is 15.3. The molecule has 1 fully saturated rings. The third kappa shape index (κ3) is 5.55. The molecule has 1 aliphatic rings. The summed E-state index contributed by atoms with van der Waals surface area (Å²) in [5.74, 6) is 0.0444. The van der Waals surface area contributed by atoms with Crippen LogP contribution in [0.15, 0.2) is 48.0 Å². The van der Waals surface area contributed by atoms with Crippen LogP contribution in [0, 0.1) is 20.7 Å².